The van der Waals surface area contributed by atoms with E-state index in [0.29, 0.717) is 23.4 Å². The largest absolute Gasteiger partial charge is 0.507 e. The number of pyridine rings is 1. The summed E-state index contributed by atoms with van der Waals surface area (Å²) in [4.78, 5) is 4.28. The number of phenolic OH excluding ortho intramolecular Hbond substituents is 1. The average Bonchev–Trinajstić information content (AvgIpc) is 2.55. The number of halogens is 1. The first-order valence-corrected chi connectivity index (χ1v) is 7.10. The summed E-state index contributed by atoms with van der Waals surface area (Å²) in [5.41, 5.74) is 9.33. The first-order valence-electron chi connectivity index (χ1n) is 7.10. The minimum absolute atomic E-state index is 0. The molecule has 2 heterocycles. The third-order valence-corrected chi connectivity index (χ3v) is 3.71. The van der Waals surface area contributed by atoms with Crippen molar-refractivity contribution in [3.05, 3.63) is 47.5 Å². The van der Waals surface area contributed by atoms with Crippen LogP contribution in [0.25, 0.3) is 16.8 Å². The number of hydrogen-bond acceptors (Lipinski definition) is 5. The lowest BCUT2D eigenvalue weighted by Gasteiger charge is -2.17. The molecule has 0 fully saturated rings. The molecule has 2 aromatic rings. The fourth-order valence-electron chi connectivity index (χ4n) is 2.61. The first kappa shape index (κ1) is 16.8. The molecule has 0 bridgehead atoms. The van der Waals surface area contributed by atoms with Gasteiger partial charge in [-0.3, -0.25) is 0 Å². The van der Waals surface area contributed by atoms with Gasteiger partial charge >= 0.3 is 0 Å². The van der Waals surface area contributed by atoms with Gasteiger partial charge in [0.2, 0.25) is 0 Å². The normalized spacial score (nSPS) is 13.6. The number of nitrogen functional groups attached to an aromatic ring is 1. The molecule has 23 heavy (non-hydrogen) atoms. The SMILES string of the molecule is Cl.N#Cc1c(C2=CCCNC2)cc(-c2ccccc2O)nc1N. The molecule has 0 atom stereocenters. The zero-order chi connectivity index (χ0) is 15.5. The number of nitrogens with one attached hydrogen (secondary N) is 1. The number of nitriles is 1. The monoisotopic (exact) mass is 328 g/mol. The number of aromatic hydroxyl groups is 1. The van der Waals surface area contributed by atoms with Crippen molar-refractivity contribution in [1.29, 1.82) is 5.26 Å². The fraction of sp³-hybridized carbons (Fsp3) is 0.176. The highest BCUT2D eigenvalue weighted by Gasteiger charge is 2.17. The number of aromatic nitrogens is 1. The molecule has 0 saturated heterocycles. The molecule has 4 N–H and O–H groups in total. The van der Waals surface area contributed by atoms with Gasteiger partial charge in [0.25, 0.3) is 0 Å². The average molecular weight is 329 g/mol. The van der Waals surface area contributed by atoms with Crippen molar-refractivity contribution in [1.82, 2.24) is 10.3 Å². The van der Waals surface area contributed by atoms with E-state index in [2.05, 4.69) is 22.4 Å². The van der Waals surface area contributed by atoms with Gasteiger partial charge in [-0.1, -0.05) is 18.2 Å². The summed E-state index contributed by atoms with van der Waals surface area (Å²) in [6, 6.07) is 10.9. The Morgan fingerprint density at radius 2 is 2.04 bits per heavy atom. The van der Waals surface area contributed by atoms with Crippen LogP contribution in [0.2, 0.25) is 0 Å². The van der Waals surface area contributed by atoms with Gasteiger partial charge in [-0.05, 0) is 36.7 Å². The topological polar surface area (TPSA) is 95.0 Å². The van der Waals surface area contributed by atoms with Gasteiger partial charge in [0.05, 0.1) is 5.69 Å². The van der Waals surface area contributed by atoms with Gasteiger partial charge in [-0.2, -0.15) is 5.26 Å². The van der Waals surface area contributed by atoms with Crippen LogP contribution in [0.15, 0.2) is 36.4 Å². The molecule has 6 heteroatoms. The van der Waals surface area contributed by atoms with Crippen molar-refractivity contribution in [2.24, 2.45) is 0 Å². The summed E-state index contributed by atoms with van der Waals surface area (Å²) >= 11 is 0. The van der Waals surface area contributed by atoms with E-state index in [1.54, 1.807) is 18.2 Å². The van der Waals surface area contributed by atoms with Crippen LogP contribution in [0.3, 0.4) is 0 Å². The van der Waals surface area contributed by atoms with Crippen LogP contribution in [-0.4, -0.2) is 23.2 Å². The quantitative estimate of drug-likeness (QED) is 0.788. The summed E-state index contributed by atoms with van der Waals surface area (Å²) < 4.78 is 0. The molecule has 3 rings (SSSR count). The van der Waals surface area contributed by atoms with Crippen LogP contribution in [-0.2, 0) is 0 Å². The lowest BCUT2D eigenvalue weighted by molar-refractivity contribution is 0.477. The van der Waals surface area contributed by atoms with Gasteiger partial charge in [-0.25, -0.2) is 4.98 Å². The highest BCUT2D eigenvalue weighted by atomic mass is 35.5. The predicted molar refractivity (Wildman–Crippen MR) is 93.2 cm³/mol. The van der Waals surface area contributed by atoms with Crippen LogP contribution in [0.1, 0.15) is 17.5 Å². The Balaban J connectivity index is 0.00000192. The number of phenols is 1. The lowest BCUT2D eigenvalue weighted by Crippen LogP contribution is -2.22. The summed E-state index contributed by atoms with van der Waals surface area (Å²) in [5.74, 6) is 0.325. The molecule has 0 radical (unpaired) electrons. The summed E-state index contributed by atoms with van der Waals surface area (Å²) in [5, 5.41) is 22.7. The predicted octanol–water partition coefficient (Wildman–Crippen LogP) is 2.71. The molecule has 118 valence electrons. The summed E-state index contributed by atoms with van der Waals surface area (Å²) in [6.45, 7) is 1.62. The van der Waals surface area contributed by atoms with Crippen molar-refractivity contribution in [3.8, 4) is 23.1 Å². The van der Waals surface area contributed by atoms with E-state index in [0.717, 1.165) is 24.1 Å². The van der Waals surface area contributed by atoms with E-state index in [9.17, 15) is 10.4 Å². The van der Waals surface area contributed by atoms with E-state index in [4.69, 9.17) is 5.73 Å². The number of nitrogens with zero attached hydrogens (tertiary/aromatic N) is 2. The minimum atomic E-state index is 0. The molecule has 1 aliphatic rings. The van der Waals surface area contributed by atoms with Crippen LogP contribution < -0.4 is 11.1 Å². The van der Waals surface area contributed by atoms with Crippen molar-refractivity contribution in [2.75, 3.05) is 18.8 Å². The molecule has 1 aromatic heterocycles. The van der Waals surface area contributed by atoms with Crippen LogP contribution in [0.4, 0.5) is 5.82 Å². The smallest absolute Gasteiger partial charge is 0.142 e. The van der Waals surface area contributed by atoms with Crippen LogP contribution in [0, 0.1) is 11.3 Å². The number of nitrogens with two attached hydrogens (primary N) is 1. The van der Waals surface area contributed by atoms with Gasteiger partial charge in [0.15, 0.2) is 0 Å². The second-order valence-corrected chi connectivity index (χ2v) is 5.14. The molecular formula is C17H17ClN4O. The molecule has 0 amide bonds. The first-order chi connectivity index (χ1) is 10.7. The van der Waals surface area contributed by atoms with E-state index < -0.39 is 0 Å². The van der Waals surface area contributed by atoms with Gasteiger partial charge in [0.1, 0.15) is 23.2 Å². The second-order valence-electron chi connectivity index (χ2n) is 5.14. The van der Waals surface area contributed by atoms with Gasteiger partial charge in [-0.15, -0.1) is 12.4 Å². The zero-order valence-corrected chi connectivity index (χ0v) is 13.2. The standard InChI is InChI=1S/C17H16N4O.ClH/c18-9-14-13(11-4-3-7-20-10-11)8-15(21-17(14)19)12-5-1-2-6-16(12)22;/h1-2,4-6,8,20,22H,3,7,10H2,(H2,19,21);1H. The molecule has 0 aliphatic carbocycles. The maximum absolute atomic E-state index is 10.0. The number of para-hydroxylation sites is 1. The number of benzene rings is 1. The molecule has 1 aromatic carbocycles. The zero-order valence-electron chi connectivity index (χ0n) is 12.4. The summed E-state index contributed by atoms with van der Waals surface area (Å²) in [7, 11) is 0. The molecular weight excluding hydrogens is 312 g/mol. The van der Waals surface area contributed by atoms with Gasteiger partial charge < -0.3 is 16.2 Å². The van der Waals surface area contributed by atoms with Crippen molar-refractivity contribution in [2.45, 2.75) is 6.42 Å². The van der Waals surface area contributed by atoms with Crippen molar-refractivity contribution >= 4 is 23.8 Å². The lowest BCUT2D eigenvalue weighted by atomic mass is 9.96. The van der Waals surface area contributed by atoms with Gasteiger partial charge in [0, 0.05) is 17.7 Å². The van der Waals surface area contributed by atoms with E-state index >= 15 is 0 Å². The Kier molecular flexibility index (Phi) is 5.22. The van der Waals surface area contributed by atoms with Crippen LogP contribution >= 0.6 is 12.4 Å². The van der Waals surface area contributed by atoms with Crippen LogP contribution in [0.5, 0.6) is 5.75 Å². The fourth-order valence-corrected chi connectivity index (χ4v) is 2.61. The van der Waals surface area contributed by atoms with E-state index in [1.807, 2.05) is 12.1 Å². The molecule has 0 unspecified atom stereocenters. The Hall–Kier alpha value is -2.55. The number of anilines is 1. The minimum Gasteiger partial charge on any atom is -0.507 e. The maximum Gasteiger partial charge on any atom is 0.142 e. The molecule has 5 nitrogen and oxygen atoms in total. The van der Waals surface area contributed by atoms with E-state index in [-0.39, 0.29) is 24.0 Å². The molecule has 1 aliphatic heterocycles. The highest BCUT2D eigenvalue weighted by Crippen LogP contribution is 2.32. The Bertz CT molecular complexity index is 796. The Morgan fingerprint density at radius 3 is 2.70 bits per heavy atom. The summed E-state index contributed by atoms with van der Waals surface area (Å²) in [6.07, 6.45) is 3.02. The maximum atomic E-state index is 10.0. The molecule has 0 spiro atoms. The third kappa shape index (κ3) is 3.29. The highest BCUT2D eigenvalue weighted by molar-refractivity contribution is 5.85. The van der Waals surface area contributed by atoms with Crippen molar-refractivity contribution < 1.29 is 5.11 Å². The number of hydrogen-bond donors (Lipinski definition) is 3. The van der Waals surface area contributed by atoms with Crippen molar-refractivity contribution in [3.63, 3.8) is 0 Å². The Morgan fingerprint density at radius 1 is 1.26 bits per heavy atom. The third-order valence-electron chi connectivity index (χ3n) is 3.71. The van der Waals surface area contributed by atoms with E-state index in [1.165, 1.54) is 0 Å². The number of rotatable bonds is 2. The Labute approximate surface area is 140 Å². The second kappa shape index (κ2) is 7.14. The molecule has 0 saturated carbocycles.